The van der Waals surface area contributed by atoms with Crippen LogP contribution >= 0.6 is 0 Å². The number of hydrogen-bond acceptors (Lipinski definition) is 2. The second-order valence-electron chi connectivity index (χ2n) is 9.60. The largest absolute Gasteiger partial charge is 0.350 e. The number of carbonyl (C=O) groups excluding carboxylic acids is 1. The number of urea groups is 1. The number of primary amides is 1. The fraction of sp³-hybridized carbons (Fsp3) is 0.900. The van der Waals surface area contributed by atoms with E-state index >= 15 is 0 Å². The first-order valence-electron chi connectivity index (χ1n) is 10.0. The van der Waals surface area contributed by atoms with Crippen LogP contribution in [0.1, 0.15) is 78.1 Å². The Balaban J connectivity index is 1.52. The summed E-state index contributed by atoms with van der Waals surface area (Å²) in [5.74, 6) is 3.61. The Kier molecular flexibility index (Phi) is 3.92. The lowest BCUT2D eigenvalue weighted by Gasteiger charge is -2.60. The van der Waals surface area contributed by atoms with Crippen LogP contribution in [0.5, 0.6) is 0 Å². The fourth-order valence-electron chi connectivity index (χ4n) is 7.29. The number of hydrogen-bond donors (Lipinski definition) is 2. The molecule has 4 aliphatic carbocycles. The summed E-state index contributed by atoms with van der Waals surface area (Å²) in [7, 11) is 0. The van der Waals surface area contributed by atoms with E-state index in [2.05, 4.69) is 24.4 Å². The van der Waals surface area contributed by atoms with Gasteiger partial charge in [0.1, 0.15) is 0 Å². The van der Waals surface area contributed by atoms with Gasteiger partial charge in [0.05, 0.1) is 0 Å². The van der Waals surface area contributed by atoms with Crippen LogP contribution in [0.15, 0.2) is 5.10 Å². The molecule has 6 atom stereocenters. The van der Waals surface area contributed by atoms with Crippen molar-refractivity contribution in [3.05, 3.63) is 0 Å². The molecule has 0 aromatic carbocycles. The lowest BCUT2D eigenvalue weighted by atomic mass is 9.45. The zero-order chi connectivity index (χ0) is 16.9. The van der Waals surface area contributed by atoms with Gasteiger partial charge in [-0.15, -0.1) is 0 Å². The Morgan fingerprint density at radius 3 is 2.75 bits per heavy atom. The van der Waals surface area contributed by atoms with E-state index in [1.54, 1.807) is 0 Å². The Bertz CT molecular complexity index is 559. The average Bonchev–Trinajstić information content (AvgIpc) is 2.94. The highest BCUT2D eigenvalue weighted by Crippen LogP contribution is 2.65. The van der Waals surface area contributed by atoms with E-state index in [4.69, 9.17) is 5.73 Å². The molecule has 24 heavy (non-hydrogen) atoms. The van der Waals surface area contributed by atoms with Crippen LogP contribution in [0.2, 0.25) is 0 Å². The first-order valence-corrected chi connectivity index (χ1v) is 10.0. The minimum atomic E-state index is -0.549. The zero-order valence-electron chi connectivity index (χ0n) is 15.3. The number of rotatable bonds is 1. The van der Waals surface area contributed by atoms with Crippen LogP contribution in [0.3, 0.4) is 0 Å². The molecule has 0 heterocycles. The van der Waals surface area contributed by atoms with Crippen LogP contribution in [0, 0.1) is 34.5 Å². The average molecular weight is 332 g/mol. The zero-order valence-corrected chi connectivity index (χ0v) is 15.3. The van der Waals surface area contributed by atoms with Crippen LogP contribution in [-0.4, -0.2) is 11.7 Å². The first kappa shape index (κ1) is 16.4. The lowest BCUT2D eigenvalue weighted by Crippen LogP contribution is -2.52. The van der Waals surface area contributed by atoms with Crippen molar-refractivity contribution in [1.29, 1.82) is 0 Å². The Morgan fingerprint density at radius 2 is 1.96 bits per heavy atom. The monoisotopic (exact) mass is 331 g/mol. The summed E-state index contributed by atoms with van der Waals surface area (Å²) < 4.78 is 0. The molecule has 0 saturated heterocycles. The summed E-state index contributed by atoms with van der Waals surface area (Å²) >= 11 is 0. The van der Waals surface area contributed by atoms with E-state index in [9.17, 15) is 4.79 Å². The number of nitrogens with zero attached hydrogens (tertiary/aromatic N) is 1. The molecule has 0 spiro atoms. The summed E-state index contributed by atoms with van der Waals surface area (Å²) in [4.78, 5) is 10.9. The fourth-order valence-corrected chi connectivity index (χ4v) is 7.29. The summed E-state index contributed by atoms with van der Waals surface area (Å²) in [6.45, 7) is 5.15. The Morgan fingerprint density at radius 1 is 1.12 bits per heavy atom. The van der Waals surface area contributed by atoms with Gasteiger partial charge >= 0.3 is 6.03 Å². The predicted octanol–water partition coefficient (Wildman–Crippen LogP) is 4.44. The van der Waals surface area contributed by atoms with Gasteiger partial charge in [-0.1, -0.05) is 20.3 Å². The summed E-state index contributed by atoms with van der Waals surface area (Å²) in [5.41, 5.74) is 9.89. The molecule has 0 aliphatic heterocycles. The third kappa shape index (κ3) is 2.48. The molecule has 4 heteroatoms. The van der Waals surface area contributed by atoms with E-state index in [0.717, 1.165) is 42.2 Å². The van der Waals surface area contributed by atoms with Gasteiger partial charge in [-0.3, -0.25) is 0 Å². The molecule has 1 unspecified atom stereocenters. The van der Waals surface area contributed by atoms with E-state index in [1.165, 1.54) is 51.4 Å². The third-order valence-corrected chi connectivity index (χ3v) is 8.60. The number of fused-ring (bicyclic) bond motifs is 5. The van der Waals surface area contributed by atoms with Gasteiger partial charge in [0.15, 0.2) is 0 Å². The van der Waals surface area contributed by atoms with Crippen molar-refractivity contribution < 1.29 is 4.79 Å². The maximum Gasteiger partial charge on any atom is 0.332 e. The van der Waals surface area contributed by atoms with E-state index in [0.29, 0.717) is 10.8 Å². The normalized spacial score (nSPS) is 49.2. The highest BCUT2D eigenvalue weighted by molar-refractivity contribution is 5.87. The van der Waals surface area contributed by atoms with Crippen LogP contribution in [-0.2, 0) is 0 Å². The number of amides is 2. The topological polar surface area (TPSA) is 67.5 Å². The molecule has 0 aromatic rings. The van der Waals surface area contributed by atoms with Gasteiger partial charge in [-0.2, -0.15) is 5.10 Å². The Hall–Kier alpha value is -1.06. The van der Waals surface area contributed by atoms with Crippen molar-refractivity contribution >= 4 is 11.7 Å². The molecule has 4 saturated carbocycles. The van der Waals surface area contributed by atoms with Crippen LogP contribution in [0.4, 0.5) is 4.79 Å². The standard InChI is InChI=1S/C20H33N3O/c1-19-9-3-4-16(19)15-6-5-13-12-14(22-23-18(21)24)7-11-20(13,2)17(15)8-10-19/h13,15-17H,3-12H2,1-2H3,(H3,21,23,24)/b22-14+/t13?,15-,16-,17-,19-,20-/m0/s1. The Labute approximate surface area is 146 Å². The highest BCUT2D eigenvalue weighted by Gasteiger charge is 2.57. The molecule has 0 aromatic heterocycles. The van der Waals surface area contributed by atoms with Crippen molar-refractivity contribution in [2.75, 3.05) is 0 Å². The maximum absolute atomic E-state index is 10.9. The van der Waals surface area contributed by atoms with E-state index in [1.807, 2.05) is 0 Å². The molecule has 4 aliphatic rings. The second kappa shape index (κ2) is 5.74. The predicted molar refractivity (Wildman–Crippen MR) is 96.5 cm³/mol. The lowest BCUT2D eigenvalue weighted by molar-refractivity contribution is -0.0919. The van der Waals surface area contributed by atoms with Gasteiger partial charge in [-0.25, -0.2) is 10.2 Å². The van der Waals surface area contributed by atoms with Crippen molar-refractivity contribution in [2.24, 2.45) is 45.3 Å². The van der Waals surface area contributed by atoms with Crippen molar-refractivity contribution in [1.82, 2.24) is 5.43 Å². The minimum Gasteiger partial charge on any atom is -0.350 e. The quantitative estimate of drug-likeness (QED) is 0.685. The molecular weight excluding hydrogens is 298 g/mol. The van der Waals surface area contributed by atoms with Gasteiger partial charge in [0.2, 0.25) is 0 Å². The number of hydrazone groups is 1. The summed E-state index contributed by atoms with van der Waals surface area (Å²) in [5, 5.41) is 4.27. The number of nitrogens with one attached hydrogen (secondary N) is 1. The number of carbonyl (C=O) groups is 1. The molecule has 4 rings (SSSR count). The van der Waals surface area contributed by atoms with E-state index in [-0.39, 0.29) is 0 Å². The SMILES string of the molecule is C[C@@]12CCC[C@H]1[C@@H]1CCC3C/C(=N/NC(N)=O)CC[C@]3(C)[C@H]1CC2. The molecule has 2 amide bonds. The third-order valence-electron chi connectivity index (χ3n) is 8.60. The van der Waals surface area contributed by atoms with E-state index < -0.39 is 6.03 Å². The molecule has 3 N–H and O–H groups in total. The van der Waals surface area contributed by atoms with Gasteiger partial charge in [-0.05, 0) is 92.3 Å². The van der Waals surface area contributed by atoms with Crippen LogP contribution < -0.4 is 11.2 Å². The summed E-state index contributed by atoms with van der Waals surface area (Å²) in [6, 6.07) is -0.549. The molecular formula is C20H33N3O. The highest BCUT2D eigenvalue weighted by atomic mass is 16.2. The first-order chi connectivity index (χ1) is 11.4. The second-order valence-corrected chi connectivity index (χ2v) is 9.60. The van der Waals surface area contributed by atoms with Crippen molar-refractivity contribution in [2.45, 2.75) is 78.1 Å². The summed E-state index contributed by atoms with van der Waals surface area (Å²) in [6.07, 6.45) is 13.4. The molecule has 4 nitrogen and oxygen atoms in total. The van der Waals surface area contributed by atoms with Crippen molar-refractivity contribution in [3.63, 3.8) is 0 Å². The molecule has 0 bridgehead atoms. The van der Waals surface area contributed by atoms with Crippen LogP contribution in [0.25, 0.3) is 0 Å². The molecule has 4 fully saturated rings. The van der Waals surface area contributed by atoms with Gasteiger partial charge < -0.3 is 5.73 Å². The maximum atomic E-state index is 10.9. The minimum absolute atomic E-state index is 0.485. The number of nitrogens with two attached hydrogens (primary N) is 1. The smallest absolute Gasteiger partial charge is 0.332 e. The van der Waals surface area contributed by atoms with Gasteiger partial charge in [0, 0.05) is 5.71 Å². The van der Waals surface area contributed by atoms with Crippen molar-refractivity contribution in [3.8, 4) is 0 Å². The molecule has 134 valence electrons. The van der Waals surface area contributed by atoms with Gasteiger partial charge in [0.25, 0.3) is 0 Å². The molecule has 0 radical (unpaired) electrons.